The fourth-order valence-electron chi connectivity index (χ4n) is 2.15. The fraction of sp³-hybridized carbons (Fsp3) is 0.429. The SMILES string of the molecule is CC(Oc1ccc(F)cc1)c1nc(C2(N)CCC2)no1.Cl. The molecule has 5 nitrogen and oxygen atoms in total. The van der Waals surface area contributed by atoms with E-state index in [2.05, 4.69) is 10.1 Å². The molecule has 1 unspecified atom stereocenters. The summed E-state index contributed by atoms with van der Waals surface area (Å²) in [5, 5.41) is 3.94. The third-order valence-electron chi connectivity index (χ3n) is 3.61. The zero-order valence-corrected chi connectivity index (χ0v) is 12.4. The van der Waals surface area contributed by atoms with Gasteiger partial charge < -0.3 is 15.0 Å². The van der Waals surface area contributed by atoms with Gasteiger partial charge in [-0.3, -0.25) is 0 Å². The number of ether oxygens (including phenoxy) is 1. The maximum Gasteiger partial charge on any atom is 0.267 e. The van der Waals surface area contributed by atoms with Crippen LogP contribution in [-0.2, 0) is 5.54 Å². The van der Waals surface area contributed by atoms with Gasteiger partial charge in [0, 0.05) is 0 Å². The van der Waals surface area contributed by atoms with Crippen LogP contribution in [0.25, 0.3) is 0 Å². The molecule has 1 saturated carbocycles. The zero-order chi connectivity index (χ0) is 14.2. The molecule has 2 aromatic rings. The summed E-state index contributed by atoms with van der Waals surface area (Å²) in [6, 6.07) is 5.79. The predicted molar refractivity (Wildman–Crippen MR) is 76.7 cm³/mol. The molecule has 1 aromatic carbocycles. The highest BCUT2D eigenvalue weighted by molar-refractivity contribution is 5.85. The van der Waals surface area contributed by atoms with Crippen molar-refractivity contribution in [3.05, 3.63) is 41.8 Å². The van der Waals surface area contributed by atoms with Gasteiger partial charge in [-0.05, 0) is 50.5 Å². The van der Waals surface area contributed by atoms with Gasteiger partial charge in [-0.15, -0.1) is 12.4 Å². The second kappa shape index (κ2) is 5.99. The highest BCUT2D eigenvalue weighted by atomic mass is 35.5. The van der Waals surface area contributed by atoms with E-state index >= 15 is 0 Å². The lowest BCUT2D eigenvalue weighted by atomic mass is 9.77. The highest BCUT2D eigenvalue weighted by Crippen LogP contribution is 2.37. The molecule has 0 bridgehead atoms. The number of hydrogen-bond acceptors (Lipinski definition) is 5. The van der Waals surface area contributed by atoms with Gasteiger partial charge in [0.2, 0.25) is 0 Å². The van der Waals surface area contributed by atoms with Crippen molar-refractivity contribution in [3.8, 4) is 5.75 Å². The molecule has 0 amide bonds. The molecule has 7 heteroatoms. The summed E-state index contributed by atoms with van der Waals surface area (Å²) < 4.78 is 23.7. The zero-order valence-electron chi connectivity index (χ0n) is 11.6. The van der Waals surface area contributed by atoms with E-state index in [0.717, 1.165) is 19.3 Å². The molecule has 114 valence electrons. The summed E-state index contributed by atoms with van der Waals surface area (Å²) in [5.41, 5.74) is 5.69. The van der Waals surface area contributed by atoms with Crippen LogP contribution in [0.3, 0.4) is 0 Å². The minimum atomic E-state index is -0.447. The minimum Gasteiger partial charge on any atom is -0.481 e. The van der Waals surface area contributed by atoms with E-state index in [9.17, 15) is 4.39 Å². The Morgan fingerprint density at radius 1 is 1.33 bits per heavy atom. The number of benzene rings is 1. The van der Waals surface area contributed by atoms with Crippen molar-refractivity contribution in [2.75, 3.05) is 0 Å². The largest absolute Gasteiger partial charge is 0.481 e. The van der Waals surface area contributed by atoms with Crippen LogP contribution in [0.2, 0.25) is 0 Å². The third kappa shape index (κ3) is 3.16. The molecule has 0 spiro atoms. The molecule has 1 aliphatic rings. The molecule has 1 atom stereocenters. The minimum absolute atomic E-state index is 0. The summed E-state index contributed by atoms with van der Waals surface area (Å²) in [6.45, 7) is 1.80. The van der Waals surface area contributed by atoms with Gasteiger partial charge in [0.1, 0.15) is 11.6 Å². The van der Waals surface area contributed by atoms with E-state index in [0.29, 0.717) is 17.5 Å². The van der Waals surface area contributed by atoms with Crippen LogP contribution in [0, 0.1) is 5.82 Å². The van der Waals surface area contributed by atoms with Crippen molar-refractivity contribution in [1.29, 1.82) is 0 Å². The lowest BCUT2D eigenvalue weighted by Crippen LogP contribution is -2.44. The van der Waals surface area contributed by atoms with Crippen LogP contribution in [0.5, 0.6) is 5.75 Å². The first-order valence-corrected chi connectivity index (χ1v) is 6.62. The van der Waals surface area contributed by atoms with E-state index in [1.54, 1.807) is 19.1 Å². The number of nitrogens with zero attached hydrogens (tertiary/aromatic N) is 2. The average molecular weight is 314 g/mol. The van der Waals surface area contributed by atoms with E-state index in [4.69, 9.17) is 15.0 Å². The Kier molecular flexibility index (Phi) is 4.49. The smallest absolute Gasteiger partial charge is 0.267 e. The summed E-state index contributed by atoms with van der Waals surface area (Å²) in [4.78, 5) is 4.32. The standard InChI is InChI=1S/C14H16FN3O2.ClH/c1-9(19-11-5-3-10(15)4-6-11)12-17-13(18-20-12)14(16)7-2-8-14;/h3-6,9H,2,7-8,16H2,1H3;1H. The number of aromatic nitrogens is 2. The number of rotatable bonds is 4. The Bertz CT molecular complexity index is 599. The van der Waals surface area contributed by atoms with Gasteiger partial charge in [0.25, 0.3) is 5.89 Å². The molecular weight excluding hydrogens is 297 g/mol. The van der Waals surface area contributed by atoms with Crippen LogP contribution >= 0.6 is 12.4 Å². The molecule has 1 aromatic heterocycles. The molecule has 3 rings (SSSR count). The quantitative estimate of drug-likeness (QED) is 0.938. The number of hydrogen-bond donors (Lipinski definition) is 1. The summed E-state index contributed by atoms with van der Waals surface area (Å²) in [7, 11) is 0. The van der Waals surface area contributed by atoms with Crippen molar-refractivity contribution in [2.45, 2.75) is 37.8 Å². The van der Waals surface area contributed by atoms with Gasteiger partial charge in [0.05, 0.1) is 5.54 Å². The van der Waals surface area contributed by atoms with Crippen molar-refractivity contribution < 1.29 is 13.7 Å². The average Bonchev–Trinajstić information content (AvgIpc) is 2.89. The van der Waals surface area contributed by atoms with E-state index in [1.165, 1.54) is 12.1 Å². The maximum atomic E-state index is 12.8. The molecule has 0 saturated heterocycles. The van der Waals surface area contributed by atoms with Gasteiger partial charge in [-0.1, -0.05) is 5.16 Å². The van der Waals surface area contributed by atoms with Crippen LogP contribution in [-0.4, -0.2) is 10.1 Å². The molecular formula is C14H17ClFN3O2. The van der Waals surface area contributed by atoms with Crippen LogP contribution in [0.4, 0.5) is 4.39 Å². The van der Waals surface area contributed by atoms with Crippen molar-refractivity contribution in [3.63, 3.8) is 0 Å². The second-order valence-electron chi connectivity index (χ2n) is 5.18. The van der Waals surface area contributed by atoms with Crippen molar-refractivity contribution in [1.82, 2.24) is 10.1 Å². The predicted octanol–water partition coefficient (Wildman–Crippen LogP) is 3.11. The number of nitrogens with two attached hydrogens (primary N) is 1. The van der Waals surface area contributed by atoms with E-state index in [1.807, 2.05) is 0 Å². The molecule has 1 aliphatic carbocycles. The van der Waals surface area contributed by atoms with E-state index < -0.39 is 11.6 Å². The fourth-order valence-corrected chi connectivity index (χ4v) is 2.15. The summed E-state index contributed by atoms with van der Waals surface area (Å²) in [6.07, 6.45) is 2.42. The molecule has 2 N–H and O–H groups in total. The Morgan fingerprint density at radius 2 is 2.00 bits per heavy atom. The van der Waals surface area contributed by atoms with Gasteiger partial charge in [0.15, 0.2) is 11.9 Å². The first-order valence-electron chi connectivity index (χ1n) is 6.62. The van der Waals surface area contributed by atoms with Gasteiger partial charge in [-0.25, -0.2) is 4.39 Å². The molecule has 0 aliphatic heterocycles. The third-order valence-corrected chi connectivity index (χ3v) is 3.61. The Hall–Kier alpha value is -1.66. The molecule has 1 heterocycles. The summed E-state index contributed by atoms with van der Waals surface area (Å²) in [5.74, 6) is 1.15. The van der Waals surface area contributed by atoms with Gasteiger partial charge >= 0.3 is 0 Å². The molecule has 1 fully saturated rings. The number of halogens is 2. The van der Waals surface area contributed by atoms with E-state index in [-0.39, 0.29) is 18.2 Å². The monoisotopic (exact) mass is 313 g/mol. The first kappa shape index (κ1) is 15.7. The lowest BCUT2D eigenvalue weighted by molar-refractivity contribution is 0.174. The lowest BCUT2D eigenvalue weighted by Gasteiger charge is -2.34. The Morgan fingerprint density at radius 3 is 2.57 bits per heavy atom. The normalized spacial score (nSPS) is 17.5. The van der Waals surface area contributed by atoms with Crippen LogP contribution in [0.1, 0.15) is 44.0 Å². The Balaban J connectivity index is 0.00000161. The van der Waals surface area contributed by atoms with Crippen molar-refractivity contribution in [2.24, 2.45) is 5.73 Å². The summed E-state index contributed by atoms with van der Waals surface area (Å²) >= 11 is 0. The van der Waals surface area contributed by atoms with Crippen LogP contribution in [0.15, 0.2) is 28.8 Å². The highest BCUT2D eigenvalue weighted by Gasteiger charge is 2.39. The second-order valence-corrected chi connectivity index (χ2v) is 5.18. The van der Waals surface area contributed by atoms with Crippen molar-refractivity contribution >= 4 is 12.4 Å². The van der Waals surface area contributed by atoms with Crippen LogP contribution < -0.4 is 10.5 Å². The molecule has 21 heavy (non-hydrogen) atoms. The topological polar surface area (TPSA) is 74.2 Å². The van der Waals surface area contributed by atoms with Gasteiger partial charge in [-0.2, -0.15) is 4.98 Å². The maximum absolute atomic E-state index is 12.8. The first-order chi connectivity index (χ1) is 9.57. The Labute approximate surface area is 128 Å². The molecule has 0 radical (unpaired) electrons.